The maximum Gasteiger partial charge on any atom is 0.256 e. The van der Waals surface area contributed by atoms with Crippen molar-refractivity contribution in [3.8, 4) is 0 Å². The first-order valence-electron chi connectivity index (χ1n) is 25.3. The minimum absolute atomic E-state index is 0.0588. The second kappa shape index (κ2) is 31.1. The highest BCUT2D eigenvalue weighted by molar-refractivity contribution is 7.90. The van der Waals surface area contributed by atoms with Crippen LogP contribution in [0.5, 0.6) is 0 Å². The van der Waals surface area contributed by atoms with E-state index in [1.807, 2.05) is 59.6 Å². The number of nitrogens with two attached hydrogens (primary N) is 1. The van der Waals surface area contributed by atoms with E-state index < -0.39 is 75.4 Å². The number of likely N-dealkylation sites (N-methyl/N-ethyl adjacent to an activating group) is 2. The number of methoxy groups -OCH3 is 2. The highest BCUT2D eigenvalue weighted by atomic mass is 32.2. The Morgan fingerprint density at radius 1 is 0.789 bits per heavy atom. The summed E-state index contributed by atoms with van der Waals surface area (Å²) in [5.74, 6) is 1.49. The summed E-state index contributed by atoms with van der Waals surface area (Å²) in [6, 6.07) is 5.33. The molecule has 3 rings (SSSR count). The Hall–Kier alpha value is -3.80. The van der Waals surface area contributed by atoms with Crippen LogP contribution in [0.3, 0.4) is 0 Å². The minimum atomic E-state index is -3.88. The number of carbonyl (C=O) groups excluding carboxylic acids is 5. The number of ether oxygens (including phenoxy) is 5. The van der Waals surface area contributed by atoms with Gasteiger partial charge in [0.1, 0.15) is 12.1 Å². The molecule has 20 nitrogen and oxygen atoms in total. The Balaban J connectivity index is 1.70. The summed E-state index contributed by atoms with van der Waals surface area (Å²) in [6.45, 7) is 16.9. The molecule has 71 heavy (non-hydrogen) atoms. The number of amides is 5. The lowest BCUT2D eigenvalue weighted by atomic mass is 9.89. The number of hydrogen-bond donors (Lipinski definition) is 4. The summed E-state index contributed by atoms with van der Waals surface area (Å²) in [6.07, 6.45) is 1.30. The molecule has 5 amide bonds. The lowest BCUT2D eigenvalue weighted by molar-refractivity contribution is -0.148. The molecule has 2 aliphatic rings. The number of rotatable bonds is 35. The molecular weight excluding hydrogens is 939 g/mol. The lowest BCUT2D eigenvalue weighted by Crippen LogP contribution is -2.60. The molecule has 21 heteroatoms. The summed E-state index contributed by atoms with van der Waals surface area (Å²) in [5.41, 5.74) is 0.731. The van der Waals surface area contributed by atoms with Crippen molar-refractivity contribution in [2.24, 2.45) is 29.6 Å². The molecule has 5 N–H and O–H groups in total. The van der Waals surface area contributed by atoms with E-state index in [-0.39, 0.29) is 48.3 Å². The molecule has 0 unspecified atom stereocenters. The van der Waals surface area contributed by atoms with Gasteiger partial charge in [-0.15, -0.1) is 0 Å². The molecule has 2 fully saturated rings. The van der Waals surface area contributed by atoms with Crippen molar-refractivity contribution in [2.75, 3.05) is 87.7 Å². The van der Waals surface area contributed by atoms with Crippen LogP contribution < -0.4 is 21.3 Å². The fourth-order valence-electron chi connectivity index (χ4n) is 9.32. The molecule has 1 saturated heterocycles. The minimum Gasteiger partial charge on any atom is -0.379 e. The summed E-state index contributed by atoms with van der Waals surface area (Å²) >= 11 is 0. The third-order valence-electron chi connectivity index (χ3n) is 13.7. The van der Waals surface area contributed by atoms with Crippen molar-refractivity contribution >= 4 is 39.6 Å². The van der Waals surface area contributed by atoms with Crippen LogP contribution in [-0.4, -0.2) is 188 Å². The van der Waals surface area contributed by atoms with Crippen molar-refractivity contribution in [2.45, 2.75) is 141 Å². The average molecular weight is 1030 g/mol. The number of carbonyl (C=O) groups is 5. The van der Waals surface area contributed by atoms with Gasteiger partial charge < -0.3 is 49.0 Å². The van der Waals surface area contributed by atoms with Gasteiger partial charge in [0.25, 0.3) is 5.91 Å². The van der Waals surface area contributed by atoms with Crippen LogP contribution in [0.2, 0.25) is 0 Å². The lowest BCUT2D eigenvalue weighted by Gasteiger charge is -2.41. The van der Waals surface area contributed by atoms with Crippen LogP contribution in [0.1, 0.15) is 92.6 Å². The van der Waals surface area contributed by atoms with E-state index in [4.69, 9.17) is 29.6 Å². The predicted octanol–water partition coefficient (Wildman–Crippen LogP) is 2.28. The van der Waals surface area contributed by atoms with Crippen LogP contribution in [0.4, 0.5) is 0 Å². The molecule has 406 valence electrons. The van der Waals surface area contributed by atoms with Crippen LogP contribution in [0.25, 0.3) is 0 Å². The monoisotopic (exact) mass is 1030 g/mol. The first-order valence-corrected chi connectivity index (χ1v) is 26.9. The Kier molecular flexibility index (Phi) is 26.9. The Morgan fingerprint density at radius 2 is 1.39 bits per heavy atom. The fourth-order valence-corrected chi connectivity index (χ4v) is 10.7. The second-order valence-corrected chi connectivity index (χ2v) is 21.6. The molecule has 0 bridgehead atoms. The zero-order valence-corrected chi connectivity index (χ0v) is 45.1. The van der Waals surface area contributed by atoms with Gasteiger partial charge in [0.2, 0.25) is 33.7 Å². The fraction of sp³-hybridized carbons (Fsp3) is 0.780. The van der Waals surface area contributed by atoms with Gasteiger partial charge in [-0.3, -0.25) is 33.6 Å². The van der Waals surface area contributed by atoms with Crippen molar-refractivity contribution in [3.05, 3.63) is 35.9 Å². The van der Waals surface area contributed by atoms with Gasteiger partial charge in [0, 0.05) is 40.8 Å². The van der Waals surface area contributed by atoms with E-state index in [0.717, 1.165) is 5.56 Å². The molecule has 9 atom stereocenters. The quantitative estimate of drug-likeness (QED) is 0.0563. The van der Waals surface area contributed by atoms with Gasteiger partial charge in [-0.05, 0) is 56.0 Å². The van der Waals surface area contributed by atoms with Crippen molar-refractivity contribution in [3.63, 3.8) is 0 Å². The van der Waals surface area contributed by atoms with E-state index in [0.29, 0.717) is 91.4 Å². The first-order chi connectivity index (χ1) is 33.7. The largest absolute Gasteiger partial charge is 0.379 e. The van der Waals surface area contributed by atoms with E-state index >= 15 is 0 Å². The van der Waals surface area contributed by atoms with Crippen LogP contribution in [0, 0.1) is 23.7 Å². The molecule has 0 aromatic heterocycles. The van der Waals surface area contributed by atoms with E-state index in [1.165, 1.54) is 14.2 Å². The Labute approximate surface area is 423 Å². The van der Waals surface area contributed by atoms with E-state index in [2.05, 4.69) is 20.2 Å². The summed E-state index contributed by atoms with van der Waals surface area (Å²) in [7, 11) is 2.67. The van der Waals surface area contributed by atoms with E-state index in [1.54, 1.807) is 48.0 Å². The Morgan fingerprint density at radius 3 is 1.93 bits per heavy atom. The summed E-state index contributed by atoms with van der Waals surface area (Å²) in [4.78, 5) is 80.4. The molecular formula is C50H87N7O13S. The number of benzene rings is 1. The third-order valence-corrected chi connectivity index (χ3v) is 15.5. The van der Waals surface area contributed by atoms with Gasteiger partial charge in [-0.2, -0.15) is 0 Å². The average Bonchev–Trinajstić information content (AvgIpc) is 4.10. The molecule has 1 aliphatic heterocycles. The maximum atomic E-state index is 14.6. The highest BCUT2D eigenvalue weighted by Gasteiger charge is 2.44. The standard InChI is InChI=1S/C50H87N7O13S/c1-12-35(6)45(56(9)50(62)43(33(2)3)53-49(61)44(34(4)5)55(8)23-24-67-25-26-68-27-28-69-29-30-70-51)41(65-10)32-42(58)57-22-16-19-40(57)46(66-11)36(7)47(59)52-39(31-37-17-14-13-15-18-37)48(60)54-71(63,64)38-20-21-38/h13-15,17-18,33-36,38-41,43-46H,12,16,19-32,51H2,1-11H3,(H,52,59)(H,53,61)(H,54,60)/t35-,36+,39-,40-,41+,43-,44-,45-,46+/m0/s1. The SMILES string of the molecule is CC[C@H](C)[C@@H]([C@@H](CC(=O)N1CCC[C@H]1[C@H](OC)[C@@H](C)C(=O)N[C@@H](Cc1ccccc1)C(=O)NS(=O)(=O)C1CC1)OC)N(C)C(=O)[C@@H](NC(=O)[C@H](C(C)C)N(C)CCOCCOCCOCCON)C(C)C. The van der Waals surface area contributed by atoms with E-state index in [9.17, 15) is 32.4 Å². The Bertz CT molecular complexity index is 1890. The topological polar surface area (TPSA) is 247 Å². The first kappa shape index (κ1) is 61.5. The number of hydrogen-bond acceptors (Lipinski definition) is 15. The van der Waals surface area contributed by atoms with Gasteiger partial charge in [0.15, 0.2) is 0 Å². The molecule has 1 aromatic carbocycles. The molecule has 1 aliphatic carbocycles. The zero-order chi connectivity index (χ0) is 52.8. The summed E-state index contributed by atoms with van der Waals surface area (Å²) in [5, 5.41) is 5.24. The van der Waals surface area contributed by atoms with Crippen molar-refractivity contribution in [1.29, 1.82) is 0 Å². The normalized spacial score (nSPS) is 18.6. The molecule has 1 saturated carbocycles. The maximum absolute atomic E-state index is 14.6. The molecule has 1 heterocycles. The number of nitrogens with zero attached hydrogens (tertiary/aromatic N) is 3. The highest BCUT2D eigenvalue weighted by Crippen LogP contribution is 2.30. The number of sulfonamides is 1. The predicted molar refractivity (Wildman–Crippen MR) is 269 cm³/mol. The molecule has 1 aromatic rings. The van der Waals surface area contributed by atoms with Crippen LogP contribution >= 0.6 is 0 Å². The second-order valence-electron chi connectivity index (χ2n) is 19.7. The number of nitrogens with one attached hydrogen (secondary N) is 3. The van der Waals surface area contributed by atoms with Crippen molar-refractivity contribution < 1.29 is 60.9 Å². The van der Waals surface area contributed by atoms with Gasteiger partial charge >= 0.3 is 0 Å². The molecule has 0 spiro atoms. The number of likely N-dealkylation sites (tertiary alicyclic amines) is 1. The summed E-state index contributed by atoms with van der Waals surface area (Å²) < 4.78 is 56.4. The third kappa shape index (κ3) is 19.2. The van der Waals surface area contributed by atoms with Gasteiger partial charge in [-0.25, -0.2) is 14.3 Å². The molecule has 0 radical (unpaired) electrons. The van der Waals surface area contributed by atoms with Gasteiger partial charge in [0.05, 0.1) is 94.2 Å². The van der Waals surface area contributed by atoms with Crippen molar-refractivity contribution in [1.82, 2.24) is 30.1 Å². The van der Waals surface area contributed by atoms with Crippen LogP contribution in [0.15, 0.2) is 30.3 Å². The smallest absolute Gasteiger partial charge is 0.256 e. The van der Waals surface area contributed by atoms with Crippen LogP contribution in [-0.2, 0) is 68.9 Å². The van der Waals surface area contributed by atoms with Gasteiger partial charge in [-0.1, -0.05) is 85.2 Å². The zero-order valence-electron chi connectivity index (χ0n) is 44.3.